The number of hydrogen-bond donors (Lipinski definition) is 5. The highest BCUT2D eigenvalue weighted by molar-refractivity contribution is 6.06. The van der Waals surface area contributed by atoms with Gasteiger partial charge < -0.3 is 31.4 Å². The summed E-state index contributed by atoms with van der Waals surface area (Å²) in [4.78, 5) is 39.8. The Morgan fingerprint density at radius 1 is 1.30 bits per heavy atom. The molecule has 226 valence electrons. The van der Waals surface area contributed by atoms with E-state index in [9.17, 15) is 4.79 Å². The number of aromatic amines is 1. The van der Waals surface area contributed by atoms with E-state index in [0.717, 1.165) is 46.4 Å². The number of aliphatic imine (C=N–C) groups is 3. The molecule has 1 unspecified atom stereocenters. The Labute approximate surface area is 251 Å². The summed E-state index contributed by atoms with van der Waals surface area (Å²) in [7, 11) is 5.18. The first-order valence-corrected chi connectivity index (χ1v) is 13.9. The Balaban J connectivity index is 1.45. The maximum absolute atomic E-state index is 13.1. The van der Waals surface area contributed by atoms with E-state index in [0.29, 0.717) is 23.8 Å². The third-order valence-electron chi connectivity index (χ3n) is 6.78. The molecule has 3 aromatic rings. The van der Waals surface area contributed by atoms with E-state index in [1.54, 1.807) is 45.1 Å². The highest BCUT2D eigenvalue weighted by Gasteiger charge is 2.26. The first-order valence-electron chi connectivity index (χ1n) is 13.9. The van der Waals surface area contributed by atoms with Crippen molar-refractivity contribution in [1.29, 1.82) is 0 Å². The Hall–Kier alpha value is -5.04. The van der Waals surface area contributed by atoms with Crippen LogP contribution >= 0.6 is 0 Å². The van der Waals surface area contributed by atoms with Crippen LogP contribution in [0.15, 0.2) is 69.3 Å². The Morgan fingerprint density at radius 2 is 2.14 bits per heavy atom. The smallest absolute Gasteiger partial charge is 0.251 e. The first-order chi connectivity index (χ1) is 20.8. The molecule has 0 radical (unpaired) electrons. The molecule has 0 aliphatic carbocycles. The van der Waals surface area contributed by atoms with Gasteiger partial charge in [-0.1, -0.05) is 12.1 Å². The number of fused-ring (bicyclic) bond motifs is 1. The van der Waals surface area contributed by atoms with E-state index in [-0.39, 0.29) is 24.5 Å². The minimum atomic E-state index is -0.105. The van der Waals surface area contributed by atoms with Gasteiger partial charge in [-0.15, -0.1) is 0 Å². The molecule has 1 fully saturated rings. The average Bonchev–Trinajstić information content (AvgIpc) is 3.61. The van der Waals surface area contributed by atoms with Gasteiger partial charge in [-0.2, -0.15) is 4.99 Å². The Kier molecular flexibility index (Phi) is 10.6. The maximum Gasteiger partial charge on any atom is 0.251 e. The Bertz CT molecular complexity index is 1590. The van der Waals surface area contributed by atoms with Crippen molar-refractivity contribution in [2.75, 3.05) is 46.1 Å². The zero-order valence-corrected chi connectivity index (χ0v) is 25.2. The molecule has 43 heavy (non-hydrogen) atoms. The van der Waals surface area contributed by atoms with Crippen LogP contribution in [-0.2, 0) is 9.53 Å². The van der Waals surface area contributed by atoms with Crippen molar-refractivity contribution in [1.82, 2.24) is 30.5 Å². The quantitative estimate of drug-likeness (QED) is 0.123. The first kappa shape index (κ1) is 30.9. The van der Waals surface area contributed by atoms with E-state index < -0.39 is 0 Å². The minimum Gasteiger partial charge on any atom is -0.486 e. The lowest BCUT2D eigenvalue weighted by Gasteiger charge is -2.17. The molecule has 0 spiro atoms. The summed E-state index contributed by atoms with van der Waals surface area (Å²) in [5.74, 6) is 1.06. The fourth-order valence-corrected chi connectivity index (χ4v) is 4.70. The number of anilines is 1. The summed E-state index contributed by atoms with van der Waals surface area (Å²) < 4.78 is 6.07. The number of nitrogens with two attached hydrogens (primary N) is 1. The third kappa shape index (κ3) is 8.26. The van der Waals surface area contributed by atoms with Crippen LogP contribution < -0.4 is 21.7 Å². The molecule has 13 nitrogen and oxygen atoms in total. The summed E-state index contributed by atoms with van der Waals surface area (Å²) in [5.41, 5.74) is 10.9. The van der Waals surface area contributed by atoms with Gasteiger partial charge in [0.2, 0.25) is 5.91 Å². The lowest BCUT2D eigenvalue weighted by Crippen LogP contribution is -2.32. The number of rotatable bonds is 12. The lowest BCUT2D eigenvalue weighted by molar-refractivity contribution is -0.117. The molecule has 1 aliphatic rings. The fraction of sp³-hybridized carbons (Fsp3) is 0.333. The van der Waals surface area contributed by atoms with Gasteiger partial charge in [0.25, 0.3) is 5.95 Å². The second-order valence-corrected chi connectivity index (χ2v) is 10.0. The number of para-hydroxylation sites is 1. The Morgan fingerprint density at radius 3 is 2.91 bits per heavy atom. The SMILES string of the molecule is CN=CN/C=C(\C=NC)OC1CCN(CC(=O)Nc2cccc3c(-c4nc(/N=C(N)\C=C(\C)NC)ncc4C)c[nH]c23)C1. The number of benzene rings is 1. The predicted molar refractivity (Wildman–Crippen MR) is 173 cm³/mol. The number of aromatic nitrogens is 3. The van der Waals surface area contributed by atoms with E-state index in [4.69, 9.17) is 10.5 Å². The van der Waals surface area contributed by atoms with Crippen molar-refractivity contribution in [3.05, 3.63) is 59.9 Å². The number of amides is 1. The van der Waals surface area contributed by atoms with Gasteiger partial charge in [0, 0.05) is 69.5 Å². The summed E-state index contributed by atoms with van der Waals surface area (Å²) in [5, 5.41) is 9.94. The van der Waals surface area contributed by atoms with Crippen LogP contribution in [0, 0.1) is 6.92 Å². The second kappa shape index (κ2) is 14.7. The average molecular weight is 586 g/mol. The monoisotopic (exact) mass is 585 g/mol. The van der Waals surface area contributed by atoms with E-state index >= 15 is 0 Å². The molecule has 0 saturated carbocycles. The van der Waals surface area contributed by atoms with Crippen molar-refractivity contribution in [2.24, 2.45) is 20.7 Å². The molecular weight excluding hydrogens is 546 g/mol. The molecule has 2 aromatic heterocycles. The molecule has 1 saturated heterocycles. The van der Waals surface area contributed by atoms with Crippen molar-refractivity contribution < 1.29 is 9.53 Å². The summed E-state index contributed by atoms with van der Waals surface area (Å²) in [6, 6.07) is 5.78. The van der Waals surface area contributed by atoms with Crippen molar-refractivity contribution in [2.45, 2.75) is 26.4 Å². The lowest BCUT2D eigenvalue weighted by atomic mass is 10.1. The van der Waals surface area contributed by atoms with Gasteiger partial charge in [-0.05, 0) is 38.0 Å². The van der Waals surface area contributed by atoms with Gasteiger partial charge in [-0.25, -0.2) is 9.97 Å². The number of aryl methyl sites for hydroxylation is 1. The minimum absolute atomic E-state index is 0.0455. The van der Waals surface area contributed by atoms with Crippen molar-refractivity contribution >= 4 is 46.8 Å². The zero-order valence-electron chi connectivity index (χ0n) is 25.2. The number of carbonyl (C=O) groups is 1. The molecule has 1 aromatic carbocycles. The molecule has 0 bridgehead atoms. The third-order valence-corrected chi connectivity index (χ3v) is 6.78. The second-order valence-electron chi connectivity index (χ2n) is 10.0. The zero-order chi connectivity index (χ0) is 30.8. The van der Waals surface area contributed by atoms with Gasteiger partial charge in [0.15, 0.2) is 5.76 Å². The van der Waals surface area contributed by atoms with Crippen molar-refractivity contribution in [3.8, 4) is 11.3 Å². The fourth-order valence-electron chi connectivity index (χ4n) is 4.70. The largest absolute Gasteiger partial charge is 0.486 e. The maximum atomic E-state index is 13.1. The van der Waals surface area contributed by atoms with Crippen LogP contribution in [0.1, 0.15) is 18.9 Å². The normalized spacial score (nSPS) is 16.9. The van der Waals surface area contributed by atoms with Gasteiger partial charge >= 0.3 is 0 Å². The molecular formula is C30H39N11O2. The van der Waals surface area contributed by atoms with Gasteiger partial charge in [0.1, 0.15) is 11.9 Å². The number of nitrogens with one attached hydrogen (secondary N) is 4. The number of likely N-dealkylation sites (tertiary alicyclic amines) is 1. The highest BCUT2D eigenvalue weighted by atomic mass is 16.5. The van der Waals surface area contributed by atoms with E-state index in [1.807, 2.05) is 45.3 Å². The molecule has 13 heteroatoms. The van der Waals surface area contributed by atoms with E-state index in [1.165, 1.54) is 0 Å². The van der Waals surface area contributed by atoms with Gasteiger partial charge in [-0.3, -0.25) is 19.7 Å². The molecule has 3 heterocycles. The predicted octanol–water partition coefficient (Wildman–Crippen LogP) is 2.86. The van der Waals surface area contributed by atoms with Crippen LogP contribution in [0.3, 0.4) is 0 Å². The molecule has 6 N–H and O–H groups in total. The topological polar surface area (TPSA) is 170 Å². The number of H-pyrrole nitrogens is 1. The molecule has 4 rings (SSSR count). The van der Waals surface area contributed by atoms with Crippen LogP contribution in [-0.4, -0.2) is 91.0 Å². The summed E-state index contributed by atoms with van der Waals surface area (Å²) >= 11 is 0. The highest BCUT2D eigenvalue weighted by Crippen LogP contribution is 2.33. The number of hydrogen-bond acceptors (Lipinski definition) is 9. The molecule has 1 aliphatic heterocycles. The van der Waals surface area contributed by atoms with Crippen LogP contribution in [0.5, 0.6) is 0 Å². The standard InChI is InChI=1S/C30H39N11O2/c1-19-12-37-30(39-26(31)11-20(2)34-5)40-28(19)24-15-36-29-23(24)7-6-8-25(29)38-27(42)17-41-10-9-21(16-41)43-22(13-32-3)14-35-18-33-4/h6-8,11-15,18,21,34,36H,9-10,16-17H2,1-5H3,(H,33,35)(H,38,42)(H2,31,37,39,40)/b20-11-,22-14+,32-13?. The number of ether oxygens (including phenoxy) is 1. The van der Waals surface area contributed by atoms with Crippen LogP contribution in [0.2, 0.25) is 0 Å². The van der Waals surface area contributed by atoms with Crippen LogP contribution in [0.25, 0.3) is 22.2 Å². The number of nitrogens with zero attached hydrogens (tertiary/aromatic N) is 6. The molecule has 1 atom stereocenters. The van der Waals surface area contributed by atoms with Gasteiger partial charge in [0.05, 0.1) is 36.0 Å². The van der Waals surface area contributed by atoms with Crippen molar-refractivity contribution in [3.63, 3.8) is 0 Å². The molecule has 1 amide bonds. The number of carbonyl (C=O) groups excluding carboxylic acids is 1. The van der Waals surface area contributed by atoms with E-state index in [2.05, 4.69) is 50.8 Å². The summed E-state index contributed by atoms with van der Waals surface area (Å²) in [6.07, 6.45) is 11.0. The number of amidine groups is 1. The number of allylic oxidation sites excluding steroid dienone is 2. The summed E-state index contributed by atoms with van der Waals surface area (Å²) in [6.45, 7) is 5.47. The van der Waals surface area contributed by atoms with Crippen LogP contribution in [0.4, 0.5) is 11.6 Å².